The zero-order chi connectivity index (χ0) is 13.7. The largest absolute Gasteiger partial charge is 0.479 e. The van der Waals surface area contributed by atoms with Crippen molar-refractivity contribution in [2.24, 2.45) is 11.8 Å². The number of carboxylic acids is 1. The van der Waals surface area contributed by atoms with Gasteiger partial charge in [0.05, 0.1) is 6.54 Å². The highest BCUT2D eigenvalue weighted by Crippen LogP contribution is 2.29. The van der Waals surface area contributed by atoms with E-state index < -0.39 is 18.1 Å². The Balaban J connectivity index is 2.33. The molecule has 18 heavy (non-hydrogen) atoms. The van der Waals surface area contributed by atoms with E-state index in [-0.39, 0.29) is 12.6 Å². The third kappa shape index (κ3) is 4.18. The molecule has 1 aliphatic rings. The number of hydrogen-bond acceptors (Lipinski definition) is 3. The van der Waals surface area contributed by atoms with E-state index in [9.17, 15) is 9.59 Å². The molecule has 3 unspecified atom stereocenters. The molecule has 1 aliphatic carbocycles. The van der Waals surface area contributed by atoms with Crippen LogP contribution in [0.2, 0.25) is 0 Å². The average molecular weight is 258 g/mol. The molecule has 1 rings (SSSR count). The van der Waals surface area contributed by atoms with Gasteiger partial charge >= 0.3 is 12.0 Å². The Kier molecular flexibility index (Phi) is 5.40. The number of aliphatic hydroxyl groups is 1. The van der Waals surface area contributed by atoms with Crippen molar-refractivity contribution in [3.05, 3.63) is 0 Å². The van der Waals surface area contributed by atoms with Gasteiger partial charge in [0.15, 0.2) is 6.10 Å². The van der Waals surface area contributed by atoms with E-state index in [1.54, 1.807) is 0 Å². The fraction of sp³-hybridized carbons (Fsp3) is 0.833. The maximum atomic E-state index is 11.6. The van der Waals surface area contributed by atoms with Gasteiger partial charge in [-0.25, -0.2) is 9.59 Å². The van der Waals surface area contributed by atoms with Crippen molar-refractivity contribution in [1.82, 2.24) is 10.6 Å². The van der Waals surface area contributed by atoms with Gasteiger partial charge in [0.2, 0.25) is 0 Å². The minimum atomic E-state index is -1.56. The molecule has 6 heteroatoms. The molecule has 0 aromatic carbocycles. The molecular formula is C12H22N2O4. The third-order valence-electron chi connectivity index (χ3n) is 3.76. The van der Waals surface area contributed by atoms with Crippen molar-refractivity contribution < 1.29 is 19.8 Å². The standard InChI is InChI=1S/C12H22N2O4/c1-7-4-3-5-9(8(7)2)14-12(18)13-6-10(15)11(16)17/h7-10,15H,3-6H2,1-2H3,(H,16,17)(H2,13,14,18)/t7?,8?,9?,10-/m0/s1. The van der Waals surface area contributed by atoms with E-state index in [0.29, 0.717) is 11.8 Å². The smallest absolute Gasteiger partial charge is 0.334 e. The van der Waals surface area contributed by atoms with Gasteiger partial charge in [0, 0.05) is 6.04 Å². The molecule has 0 aromatic rings. The second-order valence-electron chi connectivity index (χ2n) is 5.08. The SMILES string of the molecule is CC1CCCC(NC(=O)NC[C@H](O)C(=O)O)C1C. The van der Waals surface area contributed by atoms with Gasteiger partial charge < -0.3 is 20.8 Å². The summed E-state index contributed by atoms with van der Waals surface area (Å²) >= 11 is 0. The monoisotopic (exact) mass is 258 g/mol. The Morgan fingerprint density at radius 2 is 2.00 bits per heavy atom. The molecule has 4 atom stereocenters. The van der Waals surface area contributed by atoms with Gasteiger partial charge in [-0.05, 0) is 18.3 Å². The summed E-state index contributed by atoms with van der Waals surface area (Å²) in [7, 11) is 0. The Hall–Kier alpha value is -1.30. The number of urea groups is 1. The number of rotatable bonds is 4. The first-order chi connectivity index (χ1) is 8.41. The lowest BCUT2D eigenvalue weighted by Crippen LogP contribution is -2.49. The zero-order valence-electron chi connectivity index (χ0n) is 10.8. The van der Waals surface area contributed by atoms with Crippen LogP contribution in [0.4, 0.5) is 4.79 Å². The second-order valence-corrected chi connectivity index (χ2v) is 5.08. The Morgan fingerprint density at radius 3 is 2.61 bits per heavy atom. The van der Waals surface area contributed by atoms with Crippen LogP contribution in [0.1, 0.15) is 33.1 Å². The minimum Gasteiger partial charge on any atom is -0.479 e. The van der Waals surface area contributed by atoms with Crippen LogP contribution in [0.3, 0.4) is 0 Å². The predicted octanol–water partition coefficient (Wildman–Crippen LogP) is 0.556. The Morgan fingerprint density at radius 1 is 1.33 bits per heavy atom. The molecule has 104 valence electrons. The number of carbonyl (C=O) groups is 2. The van der Waals surface area contributed by atoms with Crippen LogP contribution < -0.4 is 10.6 Å². The molecule has 4 N–H and O–H groups in total. The van der Waals surface area contributed by atoms with Crippen molar-refractivity contribution in [3.8, 4) is 0 Å². The topological polar surface area (TPSA) is 98.7 Å². The predicted molar refractivity (Wildman–Crippen MR) is 66.1 cm³/mol. The highest BCUT2D eigenvalue weighted by molar-refractivity contribution is 5.76. The Bertz CT molecular complexity index is 308. The van der Waals surface area contributed by atoms with Crippen LogP contribution in [0.5, 0.6) is 0 Å². The number of aliphatic carboxylic acids is 1. The van der Waals surface area contributed by atoms with Crippen LogP contribution in [-0.4, -0.2) is 40.9 Å². The van der Waals surface area contributed by atoms with Gasteiger partial charge in [0.25, 0.3) is 0 Å². The lowest BCUT2D eigenvalue weighted by molar-refractivity contribution is -0.146. The number of carbonyl (C=O) groups excluding carboxylic acids is 1. The fourth-order valence-electron chi connectivity index (χ4n) is 2.28. The molecule has 0 radical (unpaired) electrons. The Labute approximate surface area is 107 Å². The summed E-state index contributed by atoms with van der Waals surface area (Å²) in [4.78, 5) is 21.9. The summed E-state index contributed by atoms with van der Waals surface area (Å²) in [6, 6.07) is -0.294. The summed E-state index contributed by atoms with van der Waals surface area (Å²) < 4.78 is 0. The maximum Gasteiger partial charge on any atom is 0.334 e. The van der Waals surface area contributed by atoms with Crippen LogP contribution in [0, 0.1) is 11.8 Å². The van der Waals surface area contributed by atoms with Gasteiger partial charge in [0.1, 0.15) is 0 Å². The zero-order valence-corrected chi connectivity index (χ0v) is 10.8. The van der Waals surface area contributed by atoms with E-state index in [2.05, 4.69) is 24.5 Å². The maximum absolute atomic E-state index is 11.6. The van der Waals surface area contributed by atoms with Crippen molar-refractivity contribution in [3.63, 3.8) is 0 Å². The van der Waals surface area contributed by atoms with Crippen molar-refractivity contribution in [2.45, 2.75) is 45.3 Å². The number of hydrogen-bond donors (Lipinski definition) is 4. The summed E-state index contributed by atoms with van der Waals surface area (Å²) in [6.45, 7) is 4.00. The summed E-state index contributed by atoms with van der Waals surface area (Å²) in [5.74, 6) is -0.350. The number of aliphatic hydroxyl groups excluding tert-OH is 1. The van der Waals surface area contributed by atoms with Crippen molar-refractivity contribution in [1.29, 1.82) is 0 Å². The van der Waals surface area contributed by atoms with Crippen LogP contribution in [0.25, 0.3) is 0 Å². The van der Waals surface area contributed by atoms with E-state index in [1.165, 1.54) is 6.42 Å². The van der Waals surface area contributed by atoms with Crippen molar-refractivity contribution >= 4 is 12.0 Å². The van der Waals surface area contributed by atoms with E-state index in [1.807, 2.05) is 0 Å². The molecule has 6 nitrogen and oxygen atoms in total. The van der Waals surface area contributed by atoms with E-state index >= 15 is 0 Å². The quantitative estimate of drug-likeness (QED) is 0.592. The molecule has 0 aromatic heterocycles. The fourth-order valence-corrected chi connectivity index (χ4v) is 2.28. The highest BCUT2D eigenvalue weighted by atomic mass is 16.4. The van der Waals surface area contributed by atoms with Gasteiger partial charge in [-0.1, -0.05) is 26.7 Å². The highest BCUT2D eigenvalue weighted by Gasteiger charge is 2.28. The van der Waals surface area contributed by atoms with Gasteiger partial charge in [-0.3, -0.25) is 0 Å². The summed E-state index contributed by atoms with van der Waals surface area (Å²) in [5, 5.41) is 22.7. The minimum absolute atomic E-state index is 0.121. The molecule has 0 spiro atoms. The van der Waals surface area contributed by atoms with Crippen LogP contribution in [-0.2, 0) is 4.79 Å². The first-order valence-corrected chi connectivity index (χ1v) is 6.37. The first-order valence-electron chi connectivity index (χ1n) is 6.37. The van der Waals surface area contributed by atoms with Gasteiger partial charge in [-0.2, -0.15) is 0 Å². The average Bonchev–Trinajstić information content (AvgIpc) is 2.32. The van der Waals surface area contributed by atoms with E-state index in [4.69, 9.17) is 10.2 Å². The summed E-state index contributed by atoms with van der Waals surface area (Å²) in [6.07, 6.45) is 1.66. The van der Waals surface area contributed by atoms with E-state index in [0.717, 1.165) is 12.8 Å². The molecular weight excluding hydrogens is 236 g/mol. The molecule has 1 saturated carbocycles. The van der Waals surface area contributed by atoms with Crippen LogP contribution in [0.15, 0.2) is 0 Å². The molecule has 0 saturated heterocycles. The molecule has 0 aliphatic heterocycles. The lowest BCUT2D eigenvalue weighted by atomic mass is 9.78. The normalized spacial score (nSPS) is 29.4. The molecule has 1 fully saturated rings. The summed E-state index contributed by atoms with van der Waals surface area (Å²) in [5.41, 5.74) is 0. The third-order valence-corrected chi connectivity index (χ3v) is 3.76. The number of amides is 2. The van der Waals surface area contributed by atoms with Gasteiger partial charge in [-0.15, -0.1) is 0 Å². The molecule has 0 bridgehead atoms. The second kappa shape index (κ2) is 6.58. The number of carboxylic acid groups (broad SMARTS) is 1. The van der Waals surface area contributed by atoms with Crippen LogP contribution >= 0.6 is 0 Å². The number of nitrogens with one attached hydrogen (secondary N) is 2. The lowest BCUT2D eigenvalue weighted by Gasteiger charge is -2.34. The first kappa shape index (κ1) is 14.8. The molecule has 2 amide bonds. The molecule has 0 heterocycles. The van der Waals surface area contributed by atoms with Crippen molar-refractivity contribution in [2.75, 3.05) is 6.54 Å².